The summed E-state index contributed by atoms with van der Waals surface area (Å²) in [5.41, 5.74) is -0.652. The Labute approximate surface area is 118 Å². The summed E-state index contributed by atoms with van der Waals surface area (Å²) in [6.07, 6.45) is 0.542. The Hall–Kier alpha value is -1.70. The van der Waals surface area contributed by atoms with Gasteiger partial charge in [0, 0.05) is 0 Å². The molecule has 104 valence electrons. The van der Waals surface area contributed by atoms with Crippen molar-refractivity contribution in [3.8, 4) is 0 Å². The van der Waals surface area contributed by atoms with Gasteiger partial charge in [-0.2, -0.15) is 0 Å². The first kappa shape index (κ1) is 15.4. The van der Waals surface area contributed by atoms with Crippen molar-refractivity contribution in [3.63, 3.8) is 0 Å². The van der Waals surface area contributed by atoms with Crippen LogP contribution in [-0.4, -0.2) is 34.7 Å². The zero-order valence-corrected chi connectivity index (χ0v) is 12.6. The van der Waals surface area contributed by atoms with E-state index in [1.807, 2.05) is 0 Å². The first-order valence-electron chi connectivity index (χ1n) is 5.34. The van der Waals surface area contributed by atoms with Crippen LogP contribution in [-0.2, 0) is 9.47 Å². The molecule has 0 aliphatic heterocycles. The maximum Gasteiger partial charge on any atom is 0.413 e. The van der Waals surface area contributed by atoms with Gasteiger partial charge in [-0.3, -0.25) is 5.32 Å². The fraction of sp³-hybridized carbons (Fsp3) is 0.455. The first-order chi connectivity index (χ1) is 8.73. The fourth-order valence-corrected chi connectivity index (χ4v) is 1.35. The summed E-state index contributed by atoms with van der Waals surface area (Å²) >= 11 is 3.11. The molecule has 0 spiro atoms. The Kier molecular flexibility index (Phi) is 4.82. The Bertz CT molecular complexity index is 499. The van der Waals surface area contributed by atoms with Crippen LogP contribution in [0.5, 0.6) is 0 Å². The van der Waals surface area contributed by atoms with Crippen LogP contribution in [0.1, 0.15) is 31.3 Å². The normalized spacial score (nSPS) is 10.8. The number of nitrogens with zero attached hydrogens (tertiary/aromatic N) is 2. The van der Waals surface area contributed by atoms with Gasteiger partial charge >= 0.3 is 12.1 Å². The Morgan fingerprint density at radius 3 is 2.53 bits per heavy atom. The number of aromatic nitrogens is 2. The third kappa shape index (κ3) is 4.82. The number of carbonyl (C=O) groups excluding carboxylic acids is 2. The fourth-order valence-electron chi connectivity index (χ4n) is 1.06. The van der Waals surface area contributed by atoms with Crippen LogP contribution in [0.3, 0.4) is 0 Å². The molecule has 0 saturated heterocycles. The molecule has 0 unspecified atom stereocenters. The van der Waals surface area contributed by atoms with E-state index in [4.69, 9.17) is 4.74 Å². The second kappa shape index (κ2) is 5.96. The van der Waals surface area contributed by atoms with E-state index in [1.165, 1.54) is 13.3 Å². The predicted molar refractivity (Wildman–Crippen MR) is 70.9 cm³/mol. The molecule has 0 bridgehead atoms. The van der Waals surface area contributed by atoms with Crippen molar-refractivity contribution in [1.29, 1.82) is 0 Å². The van der Waals surface area contributed by atoms with Crippen LogP contribution in [0, 0.1) is 0 Å². The van der Waals surface area contributed by atoms with Crippen LogP contribution in [0.15, 0.2) is 10.8 Å². The number of amides is 1. The monoisotopic (exact) mass is 331 g/mol. The van der Waals surface area contributed by atoms with Gasteiger partial charge in [-0.25, -0.2) is 19.6 Å². The molecule has 1 N–H and O–H groups in total. The van der Waals surface area contributed by atoms with E-state index in [1.54, 1.807) is 20.8 Å². The van der Waals surface area contributed by atoms with Crippen molar-refractivity contribution in [2.75, 3.05) is 12.4 Å². The lowest BCUT2D eigenvalue weighted by Gasteiger charge is -2.19. The highest BCUT2D eigenvalue weighted by Crippen LogP contribution is 2.18. The van der Waals surface area contributed by atoms with Gasteiger partial charge < -0.3 is 9.47 Å². The molecule has 0 aliphatic carbocycles. The van der Waals surface area contributed by atoms with Gasteiger partial charge in [-0.05, 0) is 36.7 Å². The van der Waals surface area contributed by atoms with Crippen LogP contribution in [0.4, 0.5) is 10.6 Å². The van der Waals surface area contributed by atoms with Crippen LogP contribution in [0.25, 0.3) is 0 Å². The average Bonchev–Trinajstić information content (AvgIpc) is 2.28. The molecule has 0 fully saturated rings. The highest BCUT2D eigenvalue weighted by Gasteiger charge is 2.19. The topological polar surface area (TPSA) is 90.4 Å². The van der Waals surface area contributed by atoms with Crippen molar-refractivity contribution in [1.82, 2.24) is 9.97 Å². The molecule has 0 radical (unpaired) electrons. The minimum Gasteiger partial charge on any atom is -0.464 e. The summed E-state index contributed by atoms with van der Waals surface area (Å²) < 4.78 is 9.87. The molecule has 0 aliphatic rings. The number of carbonyl (C=O) groups is 2. The molecular formula is C11H14BrN3O4. The van der Waals surface area contributed by atoms with E-state index in [0.29, 0.717) is 0 Å². The quantitative estimate of drug-likeness (QED) is 0.836. The molecule has 1 amide bonds. The molecule has 0 saturated carbocycles. The van der Waals surface area contributed by atoms with Crippen molar-refractivity contribution < 1.29 is 19.1 Å². The molecule has 1 rings (SSSR count). The molecule has 0 atom stereocenters. The zero-order valence-electron chi connectivity index (χ0n) is 11.0. The third-order valence-corrected chi connectivity index (χ3v) is 2.32. The number of anilines is 1. The lowest BCUT2D eigenvalue weighted by atomic mass is 10.2. The molecule has 1 heterocycles. The molecule has 0 aromatic carbocycles. The molecule has 1 aromatic heterocycles. The van der Waals surface area contributed by atoms with Crippen molar-refractivity contribution >= 4 is 33.8 Å². The van der Waals surface area contributed by atoms with Crippen molar-refractivity contribution in [2.24, 2.45) is 0 Å². The molecule has 7 nitrogen and oxygen atoms in total. The number of hydrogen-bond acceptors (Lipinski definition) is 6. The van der Waals surface area contributed by atoms with Crippen LogP contribution in [0.2, 0.25) is 0 Å². The number of rotatable bonds is 2. The van der Waals surface area contributed by atoms with E-state index < -0.39 is 17.7 Å². The van der Waals surface area contributed by atoms with E-state index in [0.717, 1.165) is 0 Å². The Balaban J connectivity index is 2.88. The molecule has 8 heteroatoms. The lowest BCUT2D eigenvalue weighted by molar-refractivity contribution is 0.0588. The van der Waals surface area contributed by atoms with E-state index in [-0.39, 0.29) is 16.1 Å². The highest BCUT2D eigenvalue weighted by atomic mass is 79.9. The van der Waals surface area contributed by atoms with E-state index >= 15 is 0 Å². The average molecular weight is 332 g/mol. The number of methoxy groups -OCH3 is 1. The first-order valence-corrected chi connectivity index (χ1v) is 6.13. The van der Waals surface area contributed by atoms with Gasteiger partial charge in [0.15, 0.2) is 11.5 Å². The van der Waals surface area contributed by atoms with Gasteiger partial charge in [0.2, 0.25) is 0 Å². The predicted octanol–water partition coefficient (Wildman–Crippen LogP) is 2.37. The van der Waals surface area contributed by atoms with Gasteiger partial charge in [-0.15, -0.1) is 0 Å². The SMILES string of the molecule is COC(=O)c1cnc(Br)c(NC(=O)OC(C)(C)C)n1. The third-order valence-electron chi connectivity index (χ3n) is 1.74. The molecule has 1 aromatic rings. The van der Waals surface area contributed by atoms with Crippen molar-refractivity contribution in [2.45, 2.75) is 26.4 Å². The van der Waals surface area contributed by atoms with Crippen LogP contribution >= 0.6 is 15.9 Å². The highest BCUT2D eigenvalue weighted by molar-refractivity contribution is 9.10. The zero-order chi connectivity index (χ0) is 14.6. The smallest absolute Gasteiger partial charge is 0.413 e. The summed E-state index contributed by atoms with van der Waals surface area (Å²) in [6, 6.07) is 0. The lowest BCUT2D eigenvalue weighted by Crippen LogP contribution is -2.28. The van der Waals surface area contributed by atoms with Gasteiger partial charge in [0.1, 0.15) is 10.2 Å². The number of esters is 1. The number of nitrogens with one attached hydrogen (secondary N) is 1. The van der Waals surface area contributed by atoms with Gasteiger partial charge in [-0.1, -0.05) is 0 Å². The maximum absolute atomic E-state index is 11.6. The number of halogens is 1. The largest absolute Gasteiger partial charge is 0.464 e. The molecular weight excluding hydrogens is 318 g/mol. The summed E-state index contributed by atoms with van der Waals surface area (Å²) in [5, 5.41) is 2.40. The minimum atomic E-state index is -0.690. The summed E-state index contributed by atoms with van der Waals surface area (Å²) in [6.45, 7) is 5.20. The second-order valence-corrected chi connectivity index (χ2v) is 5.26. The summed E-state index contributed by atoms with van der Waals surface area (Å²) in [5.74, 6) is -0.565. The van der Waals surface area contributed by atoms with Crippen LogP contribution < -0.4 is 5.32 Å². The Morgan fingerprint density at radius 2 is 2.00 bits per heavy atom. The number of ether oxygens (including phenoxy) is 2. The maximum atomic E-state index is 11.6. The van der Waals surface area contributed by atoms with Gasteiger partial charge in [0.05, 0.1) is 13.3 Å². The molecule has 19 heavy (non-hydrogen) atoms. The van der Waals surface area contributed by atoms with Crippen molar-refractivity contribution in [3.05, 3.63) is 16.5 Å². The number of hydrogen-bond donors (Lipinski definition) is 1. The minimum absolute atomic E-state index is 0.0169. The Morgan fingerprint density at radius 1 is 1.37 bits per heavy atom. The van der Waals surface area contributed by atoms with Gasteiger partial charge in [0.25, 0.3) is 0 Å². The standard InChI is InChI=1S/C11H14BrN3O4/c1-11(2,3)19-10(17)15-8-7(12)13-5-6(14-8)9(16)18-4/h5H,1-4H3,(H,14,15,17). The summed E-state index contributed by atoms with van der Waals surface area (Å²) in [7, 11) is 1.23. The summed E-state index contributed by atoms with van der Waals surface area (Å²) in [4.78, 5) is 30.7. The van der Waals surface area contributed by atoms with E-state index in [9.17, 15) is 9.59 Å². The van der Waals surface area contributed by atoms with E-state index in [2.05, 4.69) is 36.0 Å². The second-order valence-electron chi connectivity index (χ2n) is 4.51.